The van der Waals surface area contributed by atoms with Gasteiger partial charge in [-0.25, -0.2) is 4.79 Å². The quantitative estimate of drug-likeness (QED) is 0.421. The van der Waals surface area contributed by atoms with Crippen molar-refractivity contribution in [2.45, 2.75) is 71.1 Å². The van der Waals surface area contributed by atoms with Crippen LogP contribution in [0.3, 0.4) is 0 Å². The van der Waals surface area contributed by atoms with E-state index in [1.807, 2.05) is 0 Å². The smallest absolute Gasteiger partial charge is 0.330 e. The minimum Gasteiger partial charge on any atom is -0.466 e. The second-order valence-corrected chi connectivity index (χ2v) is 5.93. The van der Waals surface area contributed by atoms with E-state index in [2.05, 4.69) is 23.5 Å². The maximum absolute atomic E-state index is 11.2. The van der Waals surface area contributed by atoms with Crippen molar-refractivity contribution >= 4 is 11.9 Å². The number of carbonyl (C=O) groups excluding carboxylic acids is 2. The molecule has 0 saturated carbocycles. The van der Waals surface area contributed by atoms with Crippen molar-refractivity contribution in [1.82, 2.24) is 0 Å². The summed E-state index contributed by atoms with van der Waals surface area (Å²) >= 11 is 0. The van der Waals surface area contributed by atoms with Gasteiger partial charge >= 0.3 is 11.9 Å². The van der Waals surface area contributed by atoms with E-state index in [-0.39, 0.29) is 5.97 Å². The van der Waals surface area contributed by atoms with Gasteiger partial charge in [0.05, 0.1) is 7.11 Å². The fourth-order valence-electron chi connectivity index (χ4n) is 2.21. The van der Waals surface area contributed by atoms with Crippen LogP contribution in [0.2, 0.25) is 0 Å². The number of ether oxygens (including phenoxy) is 4. The first kappa shape index (κ1) is 20.2. The Bertz CT molecular complexity index is 525. The normalized spacial score (nSPS) is 23.4. The molecule has 0 amide bonds. The number of hydrogen-bond donors (Lipinski definition) is 0. The minimum absolute atomic E-state index is 0.364. The van der Waals surface area contributed by atoms with Crippen molar-refractivity contribution in [1.29, 1.82) is 0 Å². The number of rotatable bonds is 6. The van der Waals surface area contributed by atoms with E-state index in [1.54, 1.807) is 19.9 Å². The second-order valence-electron chi connectivity index (χ2n) is 5.93. The van der Waals surface area contributed by atoms with Gasteiger partial charge in [-0.2, -0.15) is 0 Å². The average molecular weight is 338 g/mol. The SMILES string of the molecule is CCCC[C@@H](C#C[C@@H]1OC(C)(C)O[C@H]1/C=C\C(=O)OC)OC(C)=O. The molecule has 0 N–H and O–H groups in total. The number of hydrogen-bond acceptors (Lipinski definition) is 6. The first-order valence-electron chi connectivity index (χ1n) is 8.07. The standard InChI is InChI=1S/C18H26O6/c1-6-7-8-14(22-13(2)19)9-10-15-16(11-12-17(20)21-5)24-18(3,4)23-15/h11-12,14-16H,6-8H2,1-5H3/b12-11-/t14-,15-,16-/m0/s1. The van der Waals surface area contributed by atoms with Crippen LogP contribution in [0.5, 0.6) is 0 Å². The lowest BCUT2D eigenvalue weighted by Crippen LogP contribution is -2.21. The molecule has 0 bridgehead atoms. The summed E-state index contributed by atoms with van der Waals surface area (Å²) in [6, 6.07) is 0. The second kappa shape index (κ2) is 9.45. The van der Waals surface area contributed by atoms with E-state index in [0.717, 1.165) is 12.8 Å². The molecule has 134 valence electrons. The van der Waals surface area contributed by atoms with Gasteiger partial charge in [0.15, 0.2) is 18.0 Å². The minimum atomic E-state index is -0.815. The van der Waals surface area contributed by atoms with Crippen molar-refractivity contribution in [3.05, 3.63) is 12.2 Å². The van der Waals surface area contributed by atoms with Crippen LogP contribution >= 0.6 is 0 Å². The summed E-state index contributed by atoms with van der Waals surface area (Å²) in [5.74, 6) is 4.26. The van der Waals surface area contributed by atoms with Crippen molar-refractivity contribution in [3.63, 3.8) is 0 Å². The molecule has 1 heterocycles. The van der Waals surface area contributed by atoms with E-state index in [1.165, 1.54) is 20.1 Å². The molecular formula is C18H26O6. The average Bonchev–Trinajstić information content (AvgIpc) is 2.81. The van der Waals surface area contributed by atoms with Gasteiger partial charge in [-0.15, -0.1) is 0 Å². The maximum Gasteiger partial charge on any atom is 0.330 e. The molecule has 1 aliphatic rings. The molecule has 0 radical (unpaired) electrons. The molecule has 24 heavy (non-hydrogen) atoms. The Kier molecular flexibility index (Phi) is 7.96. The van der Waals surface area contributed by atoms with Crippen LogP contribution in [0.25, 0.3) is 0 Å². The summed E-state index contributed by atoms with van der Waals surface area (Å²) in [6.45, 7) is 6.96. The van der Waals surface area contributed by atoms with Crippen molar-refractivity contribution in [3.8, 4) is 11.8 Å². The van der Waals surface area contributed by atoms with E-state index < -0.39 is 30.1 Å². The molecule has 3 atom stereocenters. The zero-order valence-electron chi connectivity index (χ0n) is 15.0. The molecule has 0 aromatic rings. The summed E-state index contributed by atoms with van der Waals surface area (Å²) < 4.78 is 21.3. The van der Waals surface area contributed by atoms with Gasteiger partial charge in [0.1, 0.15) is 6.10 Å². The number of carbonyl (C=O) groups is 2. The highest BCUT2D eigenvalue weighted by Crippen LogP contribution is 2.28. The molecule has 1 rings (SSSR count). The van der Waals surface area contributed by atoms with Crippen molar-refractivity contribution in [2.75, 3.05) is 7.11 Å². The molecule has 0 spiro atoms. The van der Waals surface area contributed by atoms with Gasteiger partial charge in [-0.05, 0) is 32.8 Å². The third-order valence-electron chi connectivity index (χ3n) is 3.27. The van der Waals surface area contributed by atoms with Gasteiger partial charge in [-0.1, -0.05) is 25.2 Å². The molecular weight excluding hydrogens is 312 g/mol. The van der Waals surface area contributed by atoms with Crippen LogP contribution in [-0.4, -0.2) is 43.1 Å². The zero-order valence-corrected chi connectivity index (χ0v) is 15.0. The number of methoxy groups -OCH3 is 1. The summed E-state index contributed by atoms with van der Waals surface area (Å²) in [5.41, 5.74) is 0. The molecule has 6 heteroatoms. The Morgan fingerprint density at radius 1 is 1.33 bits per heavy atom. The van der Waals surface area contributed by atoms with Gasteiger partial charge in [0.25, 0.3) is 0 Å². The zero-order chi connectivity index (χ0) is 18.2. The Balaban J connectivity index is 2.85. The predicted molar refractivity (Wildman–Crippen MR) is 87.8 cm³/mol. The lowest BCUT2D eigenvalue weighted by atomic mass is 10.1. The number of unbranched alkanes of at least 4 members (excludes halogenated alkanes) is 1. The topological polar surface area (TPSA) is 71.1 Å². The van der Waals surface area contributed by atoms with Gasteiger partial charge in [0.2, 0.25) is 0 Å². The summed E-state index contributed by atoms with van der Waals surface area (Å²) in [5, 5.41) is 0. The maximum atomic E-state index is 11.2. The third kappa shape index (κ3) is 7.16. The third-order valence-corrected chi connectivity index (χ3v) is 3.27. The fourth-order valence-corrected chi connectivity index (χ4v) is 2.21. The van der Waals surface area contributed by atoms with Crippen LogP contribution in [-0.2, 0) is 28.5 Å². The Morgan fingerprint density at radius 2 is 2.04 bits per heavy atom. The highest BCUT2D eigenvalue weighted by atomic mass is 16.7. The molecule has 0 aromatic carbocycles. The van der Waals surface area contributed by atoms with Gasteiger partial charge in [-0.3, -0.25) is 4.79 Å². The predicted octanol–water partition coefficient (Wildman–Crippen LogP) is 2.36. The fraction of sp³-hybridized carbons (Fsp3) is 0.667. The highest BCUT2D eigenvalue weighted by Gasteiger charge is 2.39. The molecule has 6 nitrogen and oxygen atoms in total. The molecule has 1 aliphatic heterocycles. The Hall–Kier alpha value is -1.84. The molecule has 0 unspecified atom stereocenters. The van der Waals surface area contributed by atoms with Crippen LogP contribution < -0.4 is 0 Å². The van der Waals surface area contributed by atoms with Crippen LogP contribution in [0.15, 0.2) is 12.2 Å². The van der Waals surface area contributed by atoms with E-state index >= 15 is 0 Å². The number of esters is 2. The molecule has 0 aliphatic carbocycles. The van der Waals surface area contributed by atoms with Gasteiger partial charge in [0, 0.05) is 13.0 Å². The first-order valence-corrected chi connectivity index (χ1v) is 8.07. The largest absolute Gasteiger partial charge is 0.466 e. The Labute approximate surface area is 143 Å². The Morgan fingerprint density at radius 3 is 2.62 bits per heavy atom. The van der Waals surface area contributed by atoms with Crippen molar-refractivity contribution in [2.24, 2.45) is 0 Å². The van der Waals surface area contributed by atoms with Crippen molar-refractivity contribution < 1.29 is 28.5 Å². The van der Waals surface area contributed by atoms with Crippen LogP contribution in [0.1, 0.15) is 47.0 Å². The highest BCUT2D eigenvalue weighted by molar-refractivity contribution is 5.81. The first-order chi connectivity index (χ1) is 11.3. The van der Waals surface area contributed by atoms with Crippen LogP contribution in [0.4, 0.5) is 0 Å². The lowest BCUT2D eigenvalue weighted by Gasteiger charge is -2.15. The monoisotopic (exact) mass is 338 g/mol. The molecule has 0 aromatic heterocycles. The molecule has 1 fully saturated rings. The lowest BCUT2D eigenvalue weighted by molar-refractivity contribution is -0.144. The van der Waals surface area contributed by atoms with E-state index in [0.29, 0.717) is 6.42 Å². The van der Waals surface area contributed by atoms with E-state index in [9.17, 15) is 9.59 Å². The van der Waals surface area contributed by atoms with Gasteiger partial charge < -0.3 is 18.9 Å². The van der Waals surface area contributed by atoms with E-state index in [4.69, 9.17) is 14.2 Å². The summed E-state index contributed by atoms with van der Waals surface area (Å²) in [7, 11) is 1.30. The summed E-state index contributed by atoms with van der Waals surface area (Å²) in [6.07, 6.45) is 3.88. The summed E-state index contributed by atoms with van der Waals surface area (Å²) in [4.78, 5) is 22.4. The molecule has 1 saturated heterocycles. The van der Waals surface area contributed by atoms with Crippen LogP contribution in [0, 0.1) is 11.8 Å².